The molecular formula is C14H35N. The van der Waals surface area contributed by atoms with Crippen LogP contribution in [-0.4, -0.2) is 24.0 Å². The summed E-state index contributed by atoms with van der Waals surface area (Å²) in [7, 11) is 2.22. The first kappa shape index (κ1) is 20.4. The standard InChI is InChI=1S/C10H23N.2C2H6/c1-6-8-10(3,4)11(5)9-7-2;2*1-2/h6-9H2,1-5H3;2*1-2H3. The van der Waals surface area contributed by atoms with Crippen LogP contribution in [0.3, 0.4) is 0 Å². The molecule has 0 aromatic rings. The van der Waals surface area contributed by atoms with E-state index in [1.807, 2.05) is 27.7 Å². The maximum absolute atomic E-state index is 2.45. The van der Waals surface area contributed by atoms with Crippen molar-refractivity contribution >= 4 is 0 Å². The van der Waals surface area contributed by atoms with Crippen molar-refractivity contribution < 1.29 is 0 Å². The van der Waals surface area contributed by atoms with Crippen LogP contribution in [0.4, 0.5) is 0 Å². The molecule has 0 radical (unpaired) electrons. The van der Waals surface area contributed by atoms with Crippen LogP contribution in [0.1, 0.15) is 74.7 Å². The summed E-state index contributed by atoms with van der Waals surface area (Å²) in [5, 5.41) is 0. The lowest BCUT2D eigenvalue weighted by Crippen LogP contribution is -2.41. The molecule has 0 bridgehead atoms. The van der Waals surface area contributed by atoms with Crippen molar-refractivity contribution in [2.24, 2.45) is 0 Å². The van der Waals surface area contributed by atoms with E-state index < -0.39 is 0 Å². The fraction of sp³-hybridized carbons (Fsp3) is 1.00. The Morgan fingerprint density at radius 2 is 1.27 bits per heavy atom. The van der Waals surface area contributed by atoms with E-state index in [2.05, 4.69) is 39.6 Å². The fourth-order valence-corrected chi connectivity index (χ4v) is 1.44. The van der Waals surface area contributed by atoms with Gasteiger partial charge in [-0.2, -0.15) is 0 Å². The van der Waals surface area contributed by atoms with Crippen molar-refractivity contribution in [1.29, 1.82) is 0 Å². The quantitative estimate of drug-likeness (QED) is 0.629. The van der Waals surface area contributed by atoms with E-state index in [0.29, 0.717) is 5.54 Å². The first-order valence-electron chi connectivity index (χ1n) is 6.75. The summed E-state index contributed by atoms with van der Waals surface area (Å²) in [6.45, 7) is 18.4. The van der Waals surface area contributed by atoms with Gasteiger partial charge in [0.25, 0.3) is 0 Å². The van der Waals surface area contributed by atoms with Crippen LogP contribution in [0.25, 0.3) is 0 Å². The zero-order valence-corrected chi connectivity index (χ0v) is 12.8. The lowest BCUT2D eigenvalue weighted by Gasteiger charge is -2.35. The Balaban J connectivity index is -0.000000318. The molecule has 0 aliphatic rings. The second-order valence-electron chi connectivity index (χ2n) is 3.98. The van der Waals surface area contributed by atoms with E-state index in [0.717, 1.165) is 0 Å². The van der Waals surface area contributed by atoms with Gasteiger partial charge in [0.15, 0.2) is 0 Å². The average molecular weight is 217 g/mol. The van der Waals surface area contributed by atoms with Crippen molar-refractivity contribution in [2.75, 3.05) is 13.6 Å². The molecule has 0 aromatic carbocycles. The SMILES string of the molecule is CC.CC.CCCN(C)C(C)(C)CCC. The minimum atomic E-state index is 0.394. The molecule has 1 nitrogen and oxygen atoms in total. The molecule has 0 unspecified atom stereocenters. The fourth-order valence-electron chi connectivity index (χ4n) is 1.44. The van der Waals surface area contributed by atoms with E-state index in [4.69, 9.17) is 0 Å². The minimum absolute atomic E-state index is 0.394. The molecule has 0 aliphatic heterocycles. The summed E-state index contributed by atoms with van der Waals surface area (Å²) in [4.78, 5) is 2.45. The molecule has 0 N–H and O–H groups in total. The van der Waals surface area contributed by atoms with E-state index in [1.54, 1.807) is 0 Å². The summed E-state index contributed by atoms with van der Waals surface area (Å²) < 4.78 is 0. The van der Waals surface area contributed by atoms with Gasteiger partial charge in [-0.1, -0.05) is 48.0 Å². The molecule has 0 atom stereocenters. The topological polar surface area (TPSA) is 3.24 Å². The van der Waals surface area contributed by atoms with Crippen LogP contribution in [0.15, 0.2) is 0 Å². The molecule has 15 heavy (non-hydrogen) atoms. The van der Waals surface area contributed by atoms with Gasteiger partial charge in [-0.05, 0) is 40.3 Å². The lowest BCUT2D eigenvalue weighted by molar-refractivity contribution is 0.144. The molecule has 0 aromatic heterocycles. The van der Waals surface area contributed by atoms with Crippen LogP contribution >= 0.6 is 0 Å². The Bertz CT molecular complexity index is 97.5. The van der Waals surface area contributed by atoms with Crippen LogP contribution in [0.5, 0.6) is 0 Å². The van der Waals surface area contributed by atoms with E-state index in [1.165, 1.54) is 25.8 Å². The Morgan fingerprint density at radius 1 is 0.867 bits per heavy atom. The summed E-state index contributed by atoms with van der Waals surface area (Å²) in [5.74, 6) is 0. The molecule has 0 spiro atoms. The molecule has 0 heterocycles. The minimum Gasteiger partial charge on any atom is -0.301 e. The molecular weight excluding hydrogens is 182 g/mol. The van der Waals surface area contributed by atoms with Gasteiger partial charge in [-0.15, -0.1) is 0 Å². The van der Waals surface area contributed by atoms with E-state index in [9.17, 15) is 0 Å². The third-order valence-corrected chi connectivity index (χ3v) is 2.45. The number of hydrogen-bond donors (Lipinski definition) is 0. The Kier molecular flexibility index (Phi) is 19.0. The average Bonchev–Trinajstić information content (AvgIpc) is 2.24. The molecule has 1 heteroatoms. The molecule has 0 aliphatic carbocycles. The van der Waals surface area contributed by atoms with Crippen LogP contribution in [-0.2, 0) is 0 Å². The molecule has 96 valence electrons. The Labute approximate surface area is 99.3 Å². The second-order valence-corrected chi connectivity index (χ2v) is 3.98. The van der Waals surface area contributed by atoms with Gasteiger partial charge in [0.1, 0.15) is 0 Å². The second kappa shape index (κ2) is 14.0. The summed E-state index contributed by atoms with van der Waals surface area (Å²) in [6.07, 6.45) is 3.83. The third-order valence-electron chi connectivity index (χ3n) is 2.45. The first-order valence-corrected chi connectivity index (χ1v) is 6.75. The zero-order valence-electron chi connectivity index (χ0n) is 12.8. The van der Waals surface area contributed by atoms with Crippen molar-refractivity contribution in [1.82, 2.24) is 4.90 Å². The number of hydrogen-bond acceptors (Lipinski definition) is 1. The Morgan fingerprint density at radius 3 is 1.53 bits per heavy atom. The van der Waals surface area contributed by atoms with Crippen molar-refractivity contribution in [3.63, 3.8) is 0 Å². The van der Waals surface area contributed by atoms with Crippen LogP contribution in [0.2, 0.25) is 0 Å². The maximum atomic E-state index is 2.45. The molecule has 0 amide bonds. The van der Waals surface area contributed by atoms with Crippen LogP contribution in [0, 0.1) is 0 Å². The largest absolute Gasteiger partial charge is 0.301 e. The van der Waals surface area contributed by atoms with Crippen molar-refractivity contribution in [3.05, 3.63) is 0 Å². The van der Waals surface area contributed by atoms with Gasteiger partial charge in [0.2, 0.25) is 0 Å². The molecule has 0 fully saturated rings. The Hall–Kier alpha value is -0.0400. The van der Waals surface area contributed by atoms with E-state index >= 15 is 0 Å². The number of nitrogens with zero attached hydrogens (tertiary/aromatic N) is 1. The van der Waals surface area contributed by atoms with Gasteiger partial charge < -0.3 is 4.90 Å². The monoisotopic (exact) mass is 217 g/mol. The highest BCUT2D eigenvalue weighted by Gasteiger charge is 2.20. The number of rotatable bonds is 5. The molecule has 0 saturated carbocycles. The van der Waals surface area contributed by atoms with Crippen LogP contribution < -0.4 is 0 Å². The molecule has 0 saturated heterocycles. The van der Waals surface area contributed by atoms with Crippen molar-refractivity contribution in [3.8, 4) is 0 Å². The maximum Gasteiger partial charge on any atom is 0.0150 e. The third kappa shape index (κ3) is 11.9. The zero-order chi connectivity index (χ0) is 12.9. The first-order chi connectivity index (χ1) is 7.04. The summed E-state index contributed by atoms with van der Waals surface area (Å²) in [5.41, 5.74) is 0.394. The summed E-state index contributed by atoms with van der Waals surface area (Å²) >= 11 is 0. The van der Waals surface area contributed by atoms with Gasteiger partial charge in [-0.25, -0.2) is 0 Å². The highest BCUT2D eigenvalue weighted by atomic mass is 15.2. The predicted molar refractivity (Wildman–Crippen MR) is 74.6 cm³/mol. The van der Waals surface area contributed by atoms with E-state index in [-0.39, 0.29) is 0 Å². The summed E-state index contributed by atoms with van der Waals surface area (Å²) in [6, 6.07) is 0. The van der Waals surface area contributed by atoms with Gasteiger partial charge in [-0.3, -0.25) is 0 Å². The lowest BCUT2D eigenvalue weighted by atomic mass is 9.97. The highest BCUT2D eigenvalue weighted by molar-refractivity contribution is 4.77. The highest BCUT2D eigenvalue weighted by Crippen LogP contribution is 2.18. The van der Waals surface area contributed by atoms with Crippen molar-refractivity contribution in [2.45, 2.75) is 80.2 Å². The molecule has 0 rings (SSSR count). The van der Waals surface area contributed by atoms with Gasteiger partial charge >= 0.3 is 0 Å². The van der Waals surface area contributed by atoms with Gasteiger partial charge in [0, 0.05) is 5.54 Å². The predicted octanol–water partition coefficient (Wildman–Crippen LogP) is 4.96. The van der Waals surface area contributed by atoms with Gasteiger partial charge in [0.05, 0.1) is 0 Å². The smallest absolute Gasteiger partial charge is 0.0150 e. The normalized spacial score (nSPS) is 10.0.